The van der Waals surface area contributed by atoms with Gasteiger partial charge in [0.2, 0.25) is 5.95 Å². The summed E-state index contributed by atoms with van der Waals surface area (Å²) in [5.41, 5.74) is 11.9. The van der Waals surface area contributed by atoms with Gasteiger partial charge in [0, 0.05) is 22.5 Å². The number of fused-ring (bicyclic) bond motifs is 2. The zero-order valence-corrected chi connectivity index (χ0v) is 24.4. The number of aliphatic hydroxyl groups excluding tert-OH is 1. The number of nitrogens with one attached hydrogen (secondary N) is 1. The van der Waals surface area contributed by atoms with Crippen LogP contribution in [0.1, 0.15) is 12.5 Å². The Bertz CT molecular complexity index is 1640. The lowest BCUT2D eigenvalue weighted by molar-refractivity contribution is -0.306. The van der Waals surface area contributed by atoms with Crippen molar-refractivity contribution in [2.45, 2.75) is 43.2 Å². The summed E-state index contributed by atoms with van der Waals surface area (Å²) in [5.74, 6) is -0.461. The predicted octanol–water partition coefficient (Wildman–Crippen LogP) is -0.925. The lowest BCUT2D eigenvalue weighted by Gasteiger charge is -2.21. The summed E-state index contributed by atoms with van der Waals surface area (Å²) in [4.78, 5) is 39.8. The van der Waals surface area contributed by atoms with Gasteiger partial charge in [-0.15, -0.1) is 0 Å². The van der Waals surface area contributed by atoms with E-state index in [4.69, 9.17) is 39.2 Å². The summed E-state index contributed by atoms with van der Waals surface area (Å²) in [6.07, 6.45) is -2.52. The molecule has 0 radical (unpaired) electrons. The number of rotatable bonds is 11. The Balaban J connectivity index is 1.12. The minimum Gasteiger partial charge on any atom is -0.388 e. The van der Waals surface area contributed by atoms with E-state index >= 15 is 0 Å². The quantitative estimate of drug-likeness (QED) is 0.0573. The van der Waals surface area contributed by atoms with Gasteiger partial charge in [-0.05, 0) is 0 Å². The number of anilines is 2. The number of imidazole rings is 2. The monoisotopic (exact) mass is 642 g/mol. The van der Waals surface area contributed by atoms with Crippen molar-refractivity contribution in [2.24, 2.45) is 5.92 Å². The van der Waals surface area contributed by atoms with Gasteiger partial charge in [0.15, 0.2) is 56.5 Å². The number of methoxy groups -OCH3 is 1. The largest absolute Gasteiger partial charge is 0.388 e. The highest BCUT2D eigenvalue weighted by Gasteiger charge is 2.50. The molecule has 2 aliphatic heterocycles. The number of hydrogen-bond donors (Lipinski definition) is 5. The molecule has 0 saturated carbocycles. The molecule has 3 unspecified atom stereocenters. The maximum Gasteiger partial charge on any atom is 0.280 e. The van der Waals surface area contributed by atoms with Crippen molar-refractivity contribution in [3.8, 4) is 0 Å². The van der Waals surface area contributed by atoms with E-state index in [-0.39, 0.29) is 36.1 Å². The average Bonchev–Trinajstić information content (AvgIpc) is 3.75. The number of nitrogens with zero attached hydrogens (tertiary/aromatic N) is 7. The topological polar surface area (TPSA) is 264 Å². The van der Waals surface area contributed by atoms with E-state index in [0.717, 1.165) is 0 Å². The van der Waals surface area contributed by atoms with Crippen molar-refractivity contribution in [2.75, 3.05) is 31.8 Å². The molecule has 232 valence electrons. The Morgan fingerprint density at radius 1 is 1.07 bits per heavy atom. The number of nitrogen functional groups attached to an aromatic ring is 2. The van der Waals surface area contributed by atoms with Gasteiger partial charge < -0.3 is 44.4 Å². The van der Waals surface area contributed by atoms with Crippen LogP contribution in [0.5, 0.6) is 0 Å². The van der Waals surface area contributed by atoms with Crippen LogP contribution in [-0.2, 0) is 32.7 Å². The molecule has 6 rings (SSSR count). The molecule has 22 heteroatoms. The summed E-state index contributed by atoms with van der Waals surface area (Å²) in [6, 6.07) is 0. The van der Waals surface area contributed by atoms with E-state index in [9.17, 15) is 15.2 Å². The molecule has 0 amide bonds. The van der Waals surface area contributed by atoms with Crippen LogP contribution in [-0.4, -0.2) is 100 Å². The number of aliphatic hydroxyl groups is 1. The molecular weight excluding hydrogens is 614 g/mol. The second-order valence-corrected chi connectivity index (χ2v) is 10.6. The van der Waals surface area contributed by atoms with Gasteiger partial charge in [-0.25, -0.2) is 24.8 Å². The molecule has 43 heavy (non-hydrogen) atoms. The highest BCUT2D eigenvalue weighted by Crippen LogP contribution is 2.40. The summed E-state index contributed by atoms with van der Waals surface area (Å²) in [6.45, 7) is 0.166. The normalized spacial score (nSPS) is 29.6. The smallest absolute Gasteiger partial charge is 0.280 e. The fourth-order valence-electron chi connectivity index (χ4n) is 5.17. The number of hydrogen-bond acceptors (Lipinski definition) is 17. The number of aromatic nitrogens is 8. The van der Waals surface area contributed by atoms with Crippen molar-refractivity contribution in [1.29, 1.82) is 0 Å². The standard InChI is InChI=1S/C21H28N10O10P2/c1-35-13-12(40-34)19(31-6-27-10-16(31)28-21(23)29-17(10)33)39-20(13)41-43-37-2-7-8(3-36-42)38-18(11(7)32)30-5-26-9-14(22)24-4-25-15(9)30/h4-8,11-13,18-20,32,34,43H,2-3,42H2,1H3,(H2,22,24,25)(H3,23,28,29,33)/t7-,8-,11-,12-,13+,18-,19-,20?/m1/s1. The van der Waals surface area contributed by atoms with E-state index in [2.05, 4.69) is 44.3 Å². The fourth-order valence-corrected chi connectivity index (χ4v) is 5.97. The van der Waals surface area contributed by atoms with Gasteiger partial charge >= 0.3 is 0 Å². The van der Waals surface area contributed by atoms with Crippen molar-refractivity contribution in [3.63, 3.8) is 0 Å². The maximum absolute atomic E-state index is 12.2. The first kappa shape index (κ1) is 30.0. The van der Waals surface area contributed by atoms with E-state index < -0.39 is 63.7 Å². The number of aromatic amines is 1. The van der Waals surface area contributed by atoms with Crippen molar-refractivity contribution < 1.29 is 43.0 Å². The number of H-pyrrole nitrogens is 1. The molecule has 6 heterocycles. The van der Waals surface area contributed by atoms with Crippen molar-refractivity contribution in [1.82, 2.24) is 39.0 Å². The molecule has 4 aromatic heterocycles. The van der Waals surface area contributed by atoms with E-state index in [1.165, 1.54) is 30.7 Å². The Labute approximate surface area is 245 Å². The Kier molecular flexibility index (Phi) is 8.77. The van der Waals surface area contributed by atoms with Crippen LogP contribution < -0.4 is 17.0 Å². The zero-order chi connectivity index (χ0) is 30.2. The SMILES string of the molecule is CO[C@@H]1C(OPOC[C@H]2[C@@H](O)[C@H](n3cnc4c(N)ncnc43)O[C@@H]2COP)O[C@@H](n2cnc3c(=O)[nH]c(N)nc32)[C@@H]1OO. The van der Waals surface area contributed by atoms with Crippen LogP contribution in [0.2, 0.25) is 0 Å². The molecule has 7 N–H and O–H groups in total. The highest BCUT2D eigenvalue weighted by molar-refractivity contribution is 7.26. The third-order valence-corrected chi connectivity index (χ3v) is 8.01. The van der Waals surface area contributed by atoms with Crippen LogP contribution in [0.3, 0.4) is 0 Å². The first-order chi connectivity index (χ1) is 20.9. The third kappa shape index (κ3) is 5.45. The number of ether oxygens (including phenoxy) is 3. The summed E-state index contributed by atoms with van der Waals surface area (Å²) in [7, 11) is 2.94. The van der Waals surface area contributed by atoms with Crippen LogP contribution in [0.25, 0.3) is 22.3 Å². The Morgan fingerprint density at radius 2 is 1.84 bits per heavy atom. The first-order valence-corrected chi connectivity index (χ1v) is 14.0. The molecule has 20 nitrogen and oxygen atoms in total. The molecule has 2 fully saturated rings. The summed E-state index contributed by atoms with van der Waals surface area (Å²) >= 11 is 0. The molecule has 4 aromatic rings. The molecule has 2 saturated heterocycles. The van der Waals surface area contributed by atoms with E-state index in [1.807, 2.05) is 0 Å². The average molecular weight is 642 g/mol. The van der Waals surface area contributed by atoms with Gasteiger partial charge in [0.25, 0.3) is 5.56 Å². The first-order valence-electron chi connectivity index (χ1n) is 12.7. The van der Waals surface area contributed by atoms with Crippen LogP contribution in [0.15, 0.2) is 23.8 Å². The van der Waals surface area contributed by atoms with E-state index in [1.54, 1.807) is 4.57 Å². The second-order valence-electron chi connectivity index (χ2n) is 9.59. The van der Waals surface area contributed by atoms with E-state index in [0.29, 0.717) is 11.2 Å². The van der Waals surface area contributed by atoms with Crippen molar-refractivity contribution >= 4 is 52.6 Å². The number of nitrogens with two attached hydrogens (primary N) is 2. The third-order valence-electron chi connectivity index (χ3n) is 7.21. The van der Waals surface area contributed by atoms with Crippen molar-refractivity contribution in [3.05, 3.63) is 29.3 Å². The predicted molar refractivity (Wildman–Crippen MR) is 149 cm³/mol. The van der Waals surface area contributed by atoms with Gasteiger partial charge in [0.1, 0.15) is 24.1 Å². The van der Waals surface area contributed by atoms with Gasteiger partial charge in [-0.3, -0.25) is 24.2 Å². The molecule has 0 bridgehead atoms. The molecule has 0 spiro atoms. The minimum atomic E-state index is -1.10. The molecular formula is C21H28N10O10P2. The van der Waals surface area contributed by atoms with Gasteiger partial charge in [-0.2, -0.15) is 4.98 Å². The Morgan fingerprint density at radius 3 is 2.58 bits per heavy atom. The van der Waals surface area contributed by atoms with Crippen LogP contribution in [0.4, 0.5) is 11.8 Å². The van der Waals surface area contributed by atoms with Gasteiger partial charge in [0.05, 0.1) is 32.0 Å². The Hall–Kier alpha value is -3.00. The zero-order valence-electron chi connectivity index (χ0n) is 22.3. The molecule has 0 aliphatic carbocycles. The molecule has 0 aromatic carbocycles. The van der Waals surface area contributed by atoms with Gasteiger partial charge in [-0.1, -0.05) is 0 Å². The summed E-state index contributed by atoms with van der Waals surface area (Å²) < 4.78 is 37.3. The lowest BCUT2D eigenvalue weighted by atomic mass is 9.99. The second kappa shape index (κ2) is 12.5. The summed E-state index contributed by atoms with van der Waals surface area (Å²) in [5, 5.41) is 20.9. The van der Waals surface area contributed by atoms with Crippen LogP contribution >= 0.6 is 18.5 Å². The molecule has 2 aliphatic rings. The van der Waals surface area contributed by atoms with Crippen LogP contribution in [0, 0.1) is 5.92 Å². The highest BCUT2D eigenvalue weighted by atomic mass is 31.1. The minimum absolute atomic E-state index is 0.0114. The lowest BCUT2D eigenvalue weighted by Crippen LogP contribution is -2.35. The maximum atomic E-state index is 12.2. The molecule has 10 atom stereocenters. The fraction of sp³-hybridized carbons (Fsp3) is 0.524.